The minimum Gasteiger partial charge on any atom is -0.447 e. The van der Waals surface area contributed by atoms with Gasteiger partial charge in [-0.1, -0.05) is 19.4 Å². The first-order chi connectivity index (χ1) is 6.10. The van der Waals surface area contributed by atoms with Crippen LogP contribution in [0.1, 0.15) is 33.6 Å². The van der Waals surface area contributed by atoms with Crippen LogP contribution in [0.25, 0.3) is 0 Å². The molecule has 0 aromatic carbocycles. The van der Waals surface area contributed by atoms with Gasteiger partial charge in [0.2, 0.25) is 0 Å². The van der Waals surface area contributed by atoms with E-state index in [4.69, 9.17) is 4.74 Å². The molecule has 0 spiro atoms. The molecule has 1 atom stereocenters. The number of ether oxygens (including phenoxy) is 1. The van der Waals surface area contributed by atoms with E-state index in [-0.39, 0.29) is 18.2 Å². The summed E-state index contributed by atoms with van der Waals surface area (Å²) in [7, 11) is 0. The average Bonchev–Trinajstić information content (AvgIpc) is 2.02. The molecule has 1 N–H and O–H groups in total. The standard InChI is InChI=1S/C10H19NO2/c1-5-7-9(6-2)11-10(12)13-8(3)4/h6,8-9H,2,5,7H2,1,3-4H3,(H,11,12). The molecule has 0 radical (unpaired) electrons. The number of alkyl carbamates (subject to hydrolysis) is 1. The Morgan fingerprint density at radius 2 is 2.23 bits per heavy atom. The summed E-state index contributed by atoms with van der Waals surface area (Å²) in [6, 6.07) is 0.0243. The molecule has 0 fully saturated rings. The maximum Gasteiger partial charge on any atom is 0.407 e. The van der Waals surface area contributed by atoms with Crippen LogP contribution in [0.3, 0.4) is 0 Å². The Hall–Kier alpha value is -0.990. The monoisotopic (exact) mass is 185 g/mol. The normalized spacial score (nSPS) is 12.3. The van der Waals surface area contributed by atoms with Crippen LogP contribution in [-0.2, 0) is 4.74 Å². The van der Waals surface area contributed by atoms with E-state index in [2.05, 4.69) is 18.8 Å². The molecule has 1 amide bonds. The zero-order valence-electron chi connectivity index (χ0n) is 8.67. The highest BCUT2D eigenvalue weighted by Crippen LogP contribution is 1.98. The third-order valence-corrected chi connectivity index (χ3v) is 1.53. The first kappa shape index (κ1) is 12.0. The van der Waals surface area contributed by atoms with E-state index in [0.717, 1.165) is 12.8 Å². The molecule has 76 valence electrons. The van der Waals surface area contributed by atoms with Gasteiger partial charge in [-0.2, -0.15) is 0 Å². The van der Waals surface area contributed by atoms with Gasteiger partial charge in [-0.3, -0.25) is 0 Å². The molecular weight excluding hydrogens is 166 g/mol. The highest BCUT2D eigenvalue weighted by atomic mass is 16.6. The quantitative estimate of drug-likeness (QED) is 0.668. The Kier molecular flexibility index (Phi) is 6.02. The first-order valence-corrected chi connectivity index (χ1v) is 4.69. The molecule has 0 heterocycles. The summed E-state index contributed by atoms with van der Waals surface area (Å²) in [6.07, 6.45) is 3.20. The van der Waals surface area contributed by atoms with Crippen molar-refractivity contribution in [2.45, 2.75) is 45.8 Å². The van der Waals surface area contributed by atoms with E-state index in [0.29, 0.717) is 0 Å². The fraction of sp³-hybridized carbons (Fsp3) is 0.700. The lowest BCUT2D eigenvalue weighted by Gasteiger charge is -2.15. The molecule has 1 unspecified atom stereocenters. The van der Waals surface area contributed by atoms with Crippen LogP contribution < -0.4 is 5.32 Å². The van der Waals surface area contributed by atoms with Crippen LogP contribution in [0.15, 0.2) is 12.7 Å². The summed E-state index contributed by atoms with van der Waals surface area (Å²) in [5.74, 6) is 0. The molecule has 3 nitrogen and oxygen atoms in total. The van der Waals surface area contributed by atoms with Crippen molar-refractivity contribution in [2.75, 3.05) is 0 Å². The number of amides is 1. The zero-order valence-corrected chi connectivity index (χ0v) is 8.67. The second-order valence-electron chi connectivity index (χ2n) is 3.23. The molecule has 0 saturated carbocycles. The summed E-state index contributed by atoms with van der Waals surface area (Å²) >= 11 is 0. The van der Waals surface area contributed by atoms with Crippen molar-refractivity contribution in [3.8, 4) is 0 Å². The molecule has 0 aliphatic carbocycles. The van der Waals surface area contributed by atoms with Crippen LogP contribution >= 0.6 is 0 Å². The average molecular weight is 185 g/mol. The van der Waals surface area contributed by atoms with Crippen LogP contribution in [0.5, 0.6) is 0 Å². The predicted molar refractivity (Wildman–Crippen MR) is 53.6 cm³/mol. The van der Waals surface area contributed by atoms with E-state index in [1.165, 1.54) is 0 Å². The number of rotatable bonds is 5. The van der Waals surface area contributed by atoms with Gasteiger partial charge in [0.05, 0.1) is 12.1 Å². The van der Waals surface area contributed by atoms with E-state index >= 15 is 0 Å². The maximum absolute atomic E-state index is 11.1. The number of nitrogens with one attached hydrogen (secondary N) is 1. The molecular formula is C10H19NO2. The van der Waals surface area contributed by atoms with Gasteiger partial charge >= 0.3 is 6.09 Å². The molecule has 13 heavy (non-hydrogen) atoms. The summed E-state index contributed by atoms with van der Waals surface area (Å²) in [5, 5.41) is 2.72. The molecule has 0 saturated heterocycles. The van der Waals surface area contributed by atoms with Gasteiger partial charge in [0.1, 0.15) is 0 Å². The summed E-state index contributed by atoms with van der Waals surface area (Å²) in [4.78, 5) is 11.1. The fourth-order valence-electron chi connectivity index (χ4n) is 0.959. The van der Waals surface area contributed by atoms with Crippen molar-refractivity contribution in [1.82, 2.24) is 5.32 Å². The third-order valence-electron chi connectivity index (χ3n) is 1.53. The topological polar surface area (TPSA) is 38.3 Å². The molecule has 0 rings (SSSR count). The molecule has 0 aliphatic rings. The van der Waals surface area contributed by atoms with Crippen LogP contribution in [-0.4, -0.2) is 18.2 Å². The Bertz CT molecular complexity index is 166. The van der Waals surface area contributed by atoms with Gasteiger partial charge in [0.15, 0.2) is 0 Å². The minimum atomic E-state index is -0.367. The fourth-order valence-corrected chi connectivity index (χ4v) is 0.959. The smallest absolute Gasteiger partial charge is 0.407 e. The Morgan fingerprint density at radius 1 is 1.62 bits per heavy atom. The van der Waals surface area contributed by atoms with Gasteiger partial charge in [0.25, 0.3) is 0 Å². The first-order valence-electron chi connectivity index (χ1n) is 4.69. The highest BCUT2D eigenvalue weighted by molar-refractivity contribution is 5.68. The second kappa shape index (κ2) is 6.52. The Labute approximate surface area is 80.2 Å². The Morgan fingerprint density at radius 3 is 2.62 bits per heavy atom. The number of carbonyl (C=O) groups excluding carboxylic acids is 1. The van der Waals surface area contributed by atoms with Crippen molar-refractivity contribution < 1.29 is 9.53 Å². The van der Waals surface area contributed by atoms with Crippen molar-refractivity contribution in [1.29, 1.82) is 0 Å². The number of hydrogen-bond acceptors (Lipinski definition) is 2. The SMILES string of the molecule is C=CC(CCC)NC(=O)OC(C)C. The van der Waals surface area contributed by atoms with Crippen molar-refractivity contribution in [3.63, 3.8) is 0 Å². The van der Waals surface area contributed by atoms with Crippen molar-refractivity contribution in [3.05, 3.63) is 12.7 Å². The van der Waals surface area contributed by atoms with Crippen LogP contribution in [0.4, 0.5) is 4.79 Å². The summed E-state index contributed by atoms with van der Waals surface area (Å²) in [5.41, 5.74) is 0. The molecule has 0 aromatic heterocycles. The lowest BCUT2D eigenvalue weighted by atomic mass is 10.2. The van der Waals surface area contributed by atoms with Crippen molar-refractivity contribution in [2.24, 2.45) is 0 Å². The van der Waals surface area contributed by atoms with Gasteiger partial charge in [0, 0.05) is 0 Å². The predicted octanol–water partition coefficient (Wildman–Crippen LogP) is 2.48. The molecule has 0 aromatic rings. The van der Waals surface area contributed by atoms with Crippen LogP contribution in [0.2, 0.25) is 0 Å². The van der Waals surface area contributed by atoms with Gasteiger partial charge in [-0.15, -0.1) is 6.58 Å². The van der Waals surface area contributed by atoms with Gasteiger partial charge in [-0.05, 0) is 20.3 Å². The second-order valence-corrected chi connectivity index (χ2v) is 3.23. The lowest BCUT2D eigenvalue weighted by Crippen LogP contribution is -2.34. The van der Waals surface area contributed by atoms with E-state index in [9.17, 15) is 4.79 Å². The number of hydrogen-bond donors (Lipinski definition) is 1. The van der Waals surface area contributed by atoms with Gasteiger partial charge in [-0.25, -0.2) is 4.79 Å². The molecule has 0 aliphatic heterocycles. The summed E-state index contributed by atoms with van der Waals surface area (Å²) < 4.78 is 4.93. The van der Waals surface area contributed by atoms with Crippen molar-refractivity contribution >= 4 is 6.09 Å². The minimum absolute atomic E-state index is 0.0243. The third kappa shape index (κ3) is 6.20. The highest BCUT2D eigenvalue weighted by Gasteiger charge is 2.09. The summed E-state index contributed by atoms with van der Waals surface area (Å²) in [6.45, 7) is 9.35. The largest absolute Gasteiger partial charge is 0.447 e. The maximum atomic E-state index is 11.1. The zero-order chi connectivity index (χ0) is 10.3. The Balaban J connectivity index is 3.79. The van der Waals surface area contributed by atoms with E-state index in [1.54, 1.807) is 6.08 Å². The molecule has 0 bridgehead atoms. The lowest BCUT2D eigenvalue weighted by molar-refractivity contribution is 0.113. The number of carbonyl (C=O) groups is 1. The van der Waals surface area contributed by atoms with Gasteiger partial charge < -0.3 is 10.1 Å². The van der Waals surface area contributed by atoms with E-state index in [1.807, 2.05) is 13.8 Å². The molecule has 3 heteroatoms. The van der Waals surface area contributed by atoms with E-state index < -0.39 is 0 Å². The van der Waals surface area contributed by atoms with Crippen LogP contribution in [0, 0.1) is 0 Å².